The average molecular weight is 319 g/mol. The van der Waals surface area contributed by atoms with Gasteiger partial charge in [0.1, 0.15) is 5.75 Å². The number of sulfone groups is 1. The molecule has 0 amide bonds. The van der Waals surface area contributed by atoms with Gasteiger partial charge in [-0.1, -0.05) is 0 Å². The highest BCUT2D eigenvalue weighted by molar-refractivity contribution is 7.91. The van der Waals surface area contributed by atoms with Gasteiger partial charge in [0.25, 0.3) is 0 Å². The van der Waals surface area contributed by atoms with Crippen LogP contribution in [0.5, 0.6) is 5.75 Å². The zero-order chi connectivity index (χ0) is 14.8. The third-order valence-corrected chi connectivity index (χ3v) is 6.53. The Bertz CT molecular complexity index is 664. The van der Waals surface area contributed by atoms with E-state index in [1.165, 1.54) is 19.2 Å². The lowest BCUT2D eigenvalue weighted by Gasteiger charge is -2.10. The van der Waals surface area contributed by atoms with Crippen molar-refractivity contribution in [2.75, 3.05) is 25.2 Å². The van der Waals surface area contributed by atoms with Crippen molar-refractivity contribution in [2.45, 2.75) is 11.3 Å². The summed E-state index contributed by atoms with van der Waals surface area (Å²) < 4.78 is 54.2. The molecule has 1 aromatic carbocycles. The lowest BCUT2D eigenvalue weighted by molar-refractivity contribution is 0.414. The van der Waals surface area contributed by atoms with E-state index in [0.717, 1.165) is 0 Å². The molecule has 1 aliphatic rings. The van der Waals surface area contributed by atoms with E-state index in [1.54, 1.807) is 12.1 Å². The van der Waals surface area contributed by atoms with Crippen LogP contribution in [0.1, 0.15) is 6.42 Å². The Labute approximate surface area is 119 Å². The summed E-state index contributed by atoms with van der Waals surface area (Å²) in [7, 11) is -5.10. The van der Waals surface area contributed by atoms with Gasteiger partial charge < -0.3 is 4.74 Å². The SMILES string of the molecule is COc1ccc(S(=O)(=O)NC[C@@H]2CCS(=O)(=O)C2)cc1. The summed E-state index contributed by atoms with van der Waals surface area (Å²) in [6, 6.07) is 6.03. The number of methoxy groups -OCH3 is 1. The van der Waals surface area contributed by atoms with E-state index >= 15 is 0 Å². The predicted octanol–water partition coefficient (Wildman–Crippen LogP) is 0.408. The molecule has 0 aliphatic carbocycles. The minimum absolute atomic E-state index is 0.0537. The number of sulfonamides is 1. The van der Waals surface area contributed by atoms with Gasteiger partial charge in [-0.3, -0.25) is 0 Å². The van der Waals surface area contributed by atoms with Gasteiger partial charge in [0.05, 0.1) is 23.5 Å². The van der Waals surface area contributed by atoms with Gasteiger partial charge in [-0.05, 0) is 36.6 Å². The monoisotopic (exact) mass is 319 g/mol. The quantitative estimate of drug-likeness (QED) is 0.849. The van der Waals surface area contributed by atoms with Crippen LogP contribution in [0.25, 0.3) is 0 Å². The number of hydrogen-bond donors (Lipinski definition) is 1. The second-order valence-electron chi connectivity index (χ2n) is 4.80. The van der Waals surface area contributed by atoms with Crippen LogP contribution in [0.2, 0.25) is 0 Å². The molecule has 20 heavy (non-hydrogen) atoms. The molecular formula is C12H17NO5S2. The van der Waals surface area contributed by atoms with Gasteiger partial charge >= 0.3 is 0 Å². The minimum Gasteiger partial charge on any atom is -0.497 e. The molecule has 0 radical (unpaired) electrons. The van der Waals surface area contributed by atoms with Crippen molar-refractivity contribution < 1.29 is 21.6 Å². The molecule has 1 heterocycles. The third kappa shape index (κ3) is 3.71. The van der Waals surface area contributed by atoms with Crippen LogP contribution >= 0.6 is 0 Å². The Hall–Kier alpha value is -1.12. The van der Waals surface area contributed by atoms with E-state index in [4.69, 9.17) is 4.74 Å². The molecule has 1 N–H and O–H groups in total. The maximum atomic E-state index is 12.0. The fourth-order valence-electron chi connectivity index (χ4n) is 2.10. The second-order valence-corrected chi connectivity index (χ2v) is 8.79. The van der Waals surface area contributed by atoms with E-state index in [2.05, 4.69) is 4.72 Å². The molecule has 1 fully saturated rings. The zero-order valence-electron chi connectivity index (χ0n) is 11.1. The Morgan fingerprint density at radius 1 is 1.30 bits per heavy atom. The van der Waals surface area contributed by atoms with Gasteiger partial charge in [0.15, 0.2) is 9.84 Å². The maximum absolute atomic E-state index is 12.0. The molecule has 2 rings (SSSR count). The predicted molar refractivity (Wildman–Crippen MR) is 74.9 cm³/mol. The molecule has 8 heteroatoms. The first-order chi connectivity index (χ1) is 9.32. The van der Waals surface area contributed by atoms with E-state index in [-0.39, 0.29) is 28.9 Å². The summed E-state index contributed by atoms with van der Waals surface area (Å²) in [6.07, 6.45) is 0.507. The van der Waals surface area contributed by atoms with Crippen LogP contribution in [-0.2, 0) is 19.9 Å². The second kappa shape index (κ2) is 5.71. The van der Waals surface area contributed by atoms with Crippen LogP contribution in [0.4, 0.5) is 0 Å². The third-order valence-electron chi connectivity index (χ3n) is 3.26. The Morgan fingerprint density at radius 2 is 1.95 bits per heavy atom. The van der Waals surface area contributed by atoms with Gasteiger partial charge in [-0.25, -0.2) is 21.6 Å². The van der Waals surface area contributed by atoms with Crippen molar-refractivity contribution >= 4 is 19.9 Å². The fourth-order valence-corrected chi connectivity index (χ4v) is 5.08. The number of hydrogen-bond acceptors (Lipinski definition) is 5. The summed E-state index contributed by atoms with van der Waals surface area (Å²) >= 11 is 0. The highest BCUT2D eigenvalue weighted by Gasteiger charge is 2.28. The van der Waals surface area contributed by atoms with Crippen molar-refractivity contribution in [3.8, 4) is 5.75 Å². The first-order valence-corrected chi connectivity index (χ1v) is 9.47. The molecular weight excluding hydrogens is 302 g/mol. The summed E-state index contributed by atoms with van der Waals surface area (Å²) in [5.41, 5.74) is 0. The lowest BCUT2D eigenvalue weighted by atomic mass is 10.1. The van der Waals surface area contributed by atoms with Gasteiger partial charge in [0.2, 0.25) is 10.0 Å². The molecule has 0 saturated carbocycles. The molecule has 112 valence electrons. The Balaban J connectivity index is 2.00. The molecule has 0 unspecified atom stereocenters. The summed E-state index contributed by atoms with van der Waals surface area (Å²) in [6.45, 7) is 0.146. The maximum Gasteiger partial charge on any atom is 0.240 e. The van der Waals surface area contributed by atoms with Crippen molar-refractivity contribution in [3.05, 3.63) is 24.3 Å². The van der Waals surface area contributed by atoms with Crippen molar-refractivity contribution in [2.24, 2.45) is 5.92 Å². The van der Waals surface area contributed by atoms with Crippen LogP contribution in [0.15, 0.2) is 29.2 Å². The topological polar surface area (TPSA) is 89.5 Å². The Morgan fingerprint density at radius 3 is 2.45 bits per heavy atom. The van der Waals surface area contributed by atoms with Crippen molar-refractivity contribution in [1.82, 2.24) is 4.72 Å². The lowest BCUT2D eigenvalue weighted by Crippen LogP contribution is -2.29. The first kappa shape index (κ1) is 15.3. The summed E-state index contributed by atoms with van der Waals surface area (Å²) in [5.74, 6) is 0.624. The normalized spacial score (nSPS) is 21.8. The van der Waals surface area contributed by atoms with Gasteiger partial charge in [0, 0.05) is 6.54 Å². The molecule has 0 spiro atoms. The van der Waals surface area contributed by atoms with Crippen LogP contribution in [-0.4, -0.2) is 42.0 Å². The number of ether oxygens (including phenoxy) is 1. The molecule has 0 bridgehead atoms. The molecule has 1 atom stereocenters. The summed E-state index contributed by atoms with van der Waals surface area (Å²) in [4.78, 5) is 0.138. The van der Waals surface area contributed by atoms with Gasteiger partial charge in [-0.2, -0.15) is 0 Å². The van der Waals surface area contributed by atoms with E-state index in [9.17, 15) is 16.8 Å². The smallest absolute Gasteiger partial charge is 0.240 e. The van der Waals surface area contributed by atoms with Crippen LogP contribution in [0.3, 0.4) is 0 Å². The first-order valence-electron chi connectivity index (χ1n) is 6.16. The molecule has 1 aromatic rings. The number of benzene rings is 1. The highest BCUT2D eigenvalue weighted by Crippen LogP contribution is 2.19. The molecule has 0 aromatic heterocycles. The number of rotatable bonds is 5. The Kier molecular flexibility index (Phi) is 4.36. The average Bonchev–Trinajstić information content (AvgIpc) is 2.76. The number of nitrogens with one attached hydrogen (secondary N) is 1. The standard InChI is InChI=1S/C12H17NO5S2/c1-18-11-2-4-12(5-3-11)20(16,17)13-8-10-6-7-19(14,15)9-10/h2-5,10,13H,6-9H2,1H3/t10-/m0/s1. The largest absolute Gasteiger partial charge is 0.497 e. The van der Waals surface area contributed by atoms with Crippen molar-refractivity contribution in [3.63, 3.8) is 0 Å². The molecule has 6 nitrogen and oxygen atoms in total. The van der Waals surface area contributed by atoms with Gasteiger partial charge in [-0.15, -0.1) is 0 Å². The molecule has 1 aliphatic heterocycles. The van der Waals surface area contributed by atoms with Crippen LogP contribution < -0.4 is 9.46 Å². The van der Waals surface area contributed by atoms with Crippen molar-refractivity contribution in [1.29, 1.82) is 0 Å². The zero-order valence-corrected chi connectivity index (χ0v) is 12.7. The summed E-state index contributed by atoms with van der Waals surface area (Å²) in [5, 5.41) is 0. The van der Waals surface area contributed by atoms with E-state index < -0.39 is 19.9 Å². The van der Waals surface area contributed by atoms with Crippen LogP contribution in [0, 0.1) is 5.92 Å². The van der Waals surface area contributed by atoms with E-state index in [1.807, 2.05) is 0 Å². The molecule has 1 saturated heterocycles. The van der Waals surface area contributed by atoms with E-state index in [0.29, 0.717) is 12.2 Å². The highest BCUT2D eigenvalue weighted by atomic mass is 32.2. The minimum atomic E-state index is -3.61. The fraction of sp³-hybridized carbons (Fsp3) is 0.500.